The van der Waals surface area contributed by atoms with Gasteiger partial charge in [0.1, 0.15) is 0 Å². The number of aryl methyl sites for hydroxylation is 3. The molecular formula is C29H27N. The molecule has 0 spiro atoms. The van der Waals surface area contributed by atoms with Crippen LogP contribution < -0.4 is 0 Å². The molecule has 1 nitrogen and oxygen atoms in total. The molecule has 0 N–H and O–H groups in total. The minimum atomic E-state index is 0.944. The maximum Gasteiger partial charge on any atom is 0.0527 e. The number of nitrogens with zero attached hydrogens (tertiary/aromatic N) is 1. The lowest BCUT2D eigenvalue weighted by atomic mass is 9.94. The Morgan fingerprint density at radius 1 is 0.667 bits per heavy atom. The van der Waals surface area contributed by atoms with Crippen molar-refractivity contribution in [3.8, 4) is 11.1 Å². The Bertz CT molecular complexity index is 1350. The van der Waals surface area contributed by atoms with Crippen LogP contribution >= 0.6 is 0 Å². The summed E-state index contributed by atoms with van der Waals surface area (Å²) in [5.74, 6) is 0. The van der Waals surface area contributed by atoms with E-state index in [4.69, 9.17) is 0 Å². The van der Waals surface area contributed by atoms with Gasteiger partial charge in [-0.2, -0.15) is 0 Å². The molecule has 0 bridgehead atoms. The van der Waals surface area contributed by atoms with Gasteiger partial charge >= 0.3 is 0 Å². The first-order chi connectivity index (χ1) is 14.7. The summed E-state index contributed by atoms with van der Waals surface area (Å²) in [6, 6.07) is 31.3. The Kier molecular flexibility index (Phi) is 4.67. The molecule has 5 rings (SSSR count). The Balaban J connectivity index is 1.64. The van der Waals surface area contributed by atoms with Gasteiger partial charge in [-0.25, -0.2) is 0 Å². The predicted molar refractivity (Wildman–Crippen MR) is 129 cm³/mol. The highest BCUT2D eigenvalue weighted by atomic mass is 15.0. The Morgan fingerprint density at radius 3 is 2.20 bits per heavy atom. The fourth-order valence-corrected chi connectivity index (χ4v) is 4.65. The summed E-state index contributed by atoms with van der Waals surface area (Å²) in [6.45, 7) is 7.58. The highest BCUT2D eigenvalue weighted by molar-refractivity contribution is 6.09. The summed E-state index contributed by atoms with van der Waals surface area (Å²) in [4.78, 5) is 0. The molecule has 1 heterocycles. The molecule has 4 aromatic carbocycles. The van der Waals surface area contributed by atoms with E-state index in [0.717, 1.165) is 13.0 Å². The van der Waals surface area contributed by atoms with Crippen molar-refractivity contribution >= 4 is 21.8 Å². The van der Waals surface area contributed by atoms with Crippen LogP contribution in [0.5, 0.6) is 0 Å². The minimum Gasteiger partial charge on any atom is -0.341 e. The van der Waals surface area contributed by atoms with Crippen LogP contribution in [-0.4, -0.2) is 4.57 Å². The van der Waals surface area contributed by atoms with Crippen molar-refractivity contribution < 1.29 is 0 Å². The van der Waals surface area contributed by atoms with Crippen LogP contribution in [0, 0.1) is 13.8 Å². The Hall–Kier alpha value is -3.32. The molecule has 30 heavy (non-hydrogen) atoms. The number of aromatic nitrogens is 1. The first kappa shape index (κ1) is 18.7. The van der Waals surface area contributed by atoms with E-state index in [1.54, 1.807) is 0 Å². The molecule has 0 unspecified atom stereocenters. The number of hydrogen-bond donors (Lipinski definition) is 0. The predicted octanol–water partition coefficient (Wildman–Crippen LogP) is 7.69. The topological polar surface area (TPSA) is 4.93 Å². The van der Waals surface area contributed by atoms with Gasteiger partial charge in [0, 0.05) is 22.8 Å². The lowest BCUT2D eigenvalue weighted by molar-refractivity contribution is 0.823. The molecule has 5 aromatic rings. The van der Waals surface area contributed by atoms with Gasteiger partial charge in [0.2, 0.25) is 0 Å². The van der Waals surface area contributed by atoms with E-state index in [2.05, 4.69) is 110 Å². The average Bonchev–Trinajstić information content (AvgIpc) is 3.10. The van der Waals surface area contributed by atoms with Gasteiger partial charge in [-0.3, -0.25) is 0 Å². The van der Waals surface area contributed by atoms with E-state index in [0.29, 0.717) is 0 Å². The van der Waals surface area contributed by atoms with Crippen molar-refractivity contribution in [2.24, 2.45) is 0 Å². The Morgan fingerprint density at radius 2 is 1.40 bits per heavy atom. The fraction of sp³-hybridized carbons (Fsp3) is 0.172. The third kappa shape index (κ3) is 3.11. The summed E-state index contributed by atoms with van der Waals surface area (Å²) >= 11 is 0. The summed E-state index contributed by atoms with van der Waals surface area (Å²) < 4.78 is 2.47. The first-order valence-corrected chi connectivity index (χ1v) is 10.8. The third-order valence-electron chi connectivity index (χ3n) is 6.31. The van der Waals surface area contributed by atoms with Gasteiger partial charge in [-0.1, -0.05) is 84.4 Å². The SMILES string of the molecule is CCn1c2ccccc2c2cccc(Cc3cc(-c4ccc(C)cc4)ccc3C)c21. The molecule has 0 atom stereocenters. The van der Waals surface area contributed by atoms with Crippen LogP contribution in [-0.2, 0) is 13.0 Å². The minimum absolute atomic E-state index is 0.944. The summed E-state index contributed by atoms with van der Waals surface area (Å²) in [6.07, 6.45) is 0.944. The fourth-order valence-electron chi connectivity index (χ4n) is 4.65. The first-order valence-electron chi connectivity index (χ1n) is 10.8. The molecular weight excluding hydrogens is 362 g/mol. The molecule has 0 aliphatic heterocycles. The number of rotatable bonds is 4. The van der Waals surface area contributed by atoms with E-state index in [9.17, 15) is 0 Å². The van der Waals surface area contributed by atoms with Crippen LogP contribution in [0.1, 0.15) is 29.2 Å². The van der Waals surface area contributed by atoms with Crippen molar-refractivity contribution in [2.45, 2.75) is 33.7 Å². The van der Waals surface area contributed by atoms with E-state index < -0.39 is 0 Å². The standard InChI is InChI=1S/C29H27N/c1-4-30-28-11-6-5-9-26(28)27-10-7-8-24(29(27)30)19-25-18-23(17-14-21(25)3)22-15-12-20(2)13-16-22/h5-18H,4,19H2,1-3H3. The number of benzene rings is 4. The van der Waals surface area contributed by atoms with Crippen molar-refractivity contribution in [1.82, 2.24) is 4.57 Å². The van der Waals surface area contributed by atoms with Gasteiger partial charge in [0.25, 0.3) is 0 Å². The van der Waals surface area contributed by atoms with E-state index >= 15 is 0 Å². The lowest BCUT2D eigenvalue weighted by Gasteiger charge is -2.13. The maximum absolute atomic E-state index is 2.47. The summed E-state index contributed by atoms with van der Waals surface area (Å²) in [7, 11) is 0. The van der Waals surface area contributed by atoms with Crippen LogP contribution in [0.15, 0.2) is 84.9 Å². The second-order valence-electron chi connectivity index (χ2n) is 8.26. The molecule has 1 aromatic heterocycles. The average molecular weight is 390 g/mol. The van der Waals surface area contributed by atoms with Crippen molar-refractivity contribution in [3.63, 3.8) is 0 Å². The normalized spacial score (nSPS) is 11.4. The van der Waals surface area contributed by atoms with E-state index in [1.807, 2.05) is 0 Å². The van der Waals surface area contributed by atoms with Gasteiger partial charge < -0.3 is 4.57 Å². The van der Waals surface area contributed by atoms with Crippen molar-refractivity contribution in [3.05, 3.63) is 107 Å². The van der Waals surface area contributed by atoms with Crippen LogP contribution in [0.4, 0.5) is 0 Å². The van der Waals surface area contributed by atoms with Gasteiger partial charge in [0.05, 0.1) is 5.52 Å². The Labute approximate surface area is 178 Å². The molecule has 0 aliphatic rings. The van der Waals surface area contributed by atoms with Crippen molar-refractivity contribution in [1.29, 1.82) is 0 Å². The zero-order valence-electron chi connectivity index (χ0n) is 17.9. The van der Waals surface area contributed by atoms with Crippen LogP contribution in [0.25, 0.3) is 32.9 Å². The molecule has 0 fully saturated rings. The largest absolute Gasteiger partial charge is 0.341 e. The second-order valence-corrected chi connectivity index (χ2v) is 8.26. The van der Waals surface area contributed by atoms with Gasteiger partial charge in [-0.15, -0.1) is 0 Å². The highest BCUT2D eigenvalue weighted by Gasteiger charge is 2.14. The van der Waals surface area contributed by atoms with Crippen LogP contribution in [0.3, 0.4) is 0 Å². The summed E-state index contributed by atoms with van der Waals surface area (Å²) in [5, 5.41) is 2.71. The highest BCUT2D eigenvalue weighted by Crippen LogP contribution is 2.33. The molecule has 0 aliphatic carbocycles. The van der Waals surface area contributed by atoms with Gasteiger partial charge in [0.15, 0.2) is 0 Å². The molecule has 1 heteroatoms. The van der Waals surface area contributed by atoms with E-state index in [-0.39, 0.29) is 0 Å². The number of para-hydroxylation sites is 2. The van der Waals surface area contributed by atoms with Gasteiger partial charge in [-0.05, 0) is 61.1 Å². The maximum atomic E-state index is 2.47. The third-order valence-corrected chi connectivity index (χ3v) is 6.31. The summed E-state index contributed by atoms with van der Waals surface area (Å²) in [5.41, 5.74) is 10.7. The molecule has 0 amide bonds. The van der Waals surface area contributed by atoms with E-state index in [1.165, 1.54) is 55.2 Å². The zero-order chi connectivity index (χ0) is 20.7. The molecule has 0 saturated carbocycles. The molecule has 0 radical (unpaired) electrons. The smallest absolute Gasteiger partial charge is 0.0527 e. The quantitative estimate of drug-likeness (QED) is 0.297. The second kappa shape index (κ2) is 7.50. The van der Waals surface area contributed by atoms with Crippen molar-refractivity contribution in [2.75, 3.05) is 0 Å². The number of hydrogen-bond acceptors (Lipinski definition) is 0. The monoisotopic (exact) mass is 389 g/mol. The lowest BCUT2D eigenvalue weighted by Crippen LogP contribution is -1.99. The molecule has 148 valence electrons. The number of fused-ring (bicyclic) bond motifs is 3. The molecule has 0 saturated heterocycles. The zero-order valence-corrected chi connectivity index (χ0v) is 17.9. The van der Waals surface area contributed by atoms with Crippen LogP contribution in [0.2, 0.25) is 0 Å².